The normalized spacial score (nSPS) is 12.0. The first-order valence-corrected chi connectivity index (χ1v) is 12.0. The van der Waals surface area contributed by atoms with E-state index in [2.05, 4.69) is 15.5 Å². The van der Waals surface area contributed by atoms with Gasteiger partial charge in [-0.3, -0.25) is 18.6 Å². The molecule has 0 aliphatic heterocycles. The van der Waals surface area contributed by atoms with E-state index in [1.807, 2.05) is 70.2 Å². The van der Waals surface area contributed by atoms with Crippen molar-refractivity contribution in [2.75, 3.05) is 11.9 Å². The van der Waals surface area contributed by atoms with Gasteiger partial charge in [0.25, 0.3) is 0 Å². The summed E-state index contributed by atoms with van der Waals surface area (Å²) >= 11 is 1.29. The van der Waals surface area contributed by atoms with Crippen LogP contribution in [0.15, 0.2) is 64.8 Å². The Morgan fingerprint density at radius 1 is 1.09 bits per heavy atom. The van der Waals surface area contributed by atoms with Gasteiger partial charge in [-0.1, -0.05) is 30.8 Å². The van der Waals surface area contributed by atoms with E-state index < -0.39 is 0 Å². The van der Waals surface area contributed by atoms with E-state index in [1.54, 1.807) is 16.8 Å². The van der Waals surface area contributed by atoms with Crippen LogP contribution in [-0.2, 0) is 4.79 Å². The molecule has 1 amide bonds. The smallest absolute Gasteiger partial charge is 0.300 e. The molecule has 4 aromatic rings. The molecule has 0 unspecified atom stereocenters. The first-order valence-electron chi connectivity index (χ1n) is 11.2. The van der Waals surface area contributed by atoms with Crippen LogP contribution in [0.3, 0.4) is 0 Å². The SMILES string of the molecule is CCOc1ccc(-n2ccn3c(S[C@H](CC)C(=O)Nc4cc(C)ccc4C)nnc3c2=O)cc1. The van der Waals surface area contributed by atoms with Crippen LogP contribution in [0.4, 0.5) is 5.69 Å². The summed E-state index contributed by atoms with van der Waals surface area (Å²) in [7, 11) is 0. The van der Waals surface area contributed by atoms with E-state index in [4.69, 9.17) is 4.74 Å². The third kappa shape index (κ3) is 4.84. The fourth-order valence-electron chi connectivity index (χ4n) is 3.55. The highest BCUT2D eigenvalue weighted by Crippen LogP contribution is 2.26. The van der Waals surface area contributed by atoms with E-state index >= 15 is 0 Å². The number of hydrogen-bond donors (Lipinski definition) is 1. The lowest BCUT2D eigenvalue weighted by molar-refractivity contribution is -0.115. The lowest BCUT2D eigenvalue weighted by Gasteiger charge is -2.15. The molecule has 0 aliphatic rings. The van der Waals surface area contributed by atoms with Gasteiger partial charge in [0.15, 0.2) is 5.16 Å². The van der Waals surface area contributed by atoms with Crippen LogP contribution in [0.1, 0.15) is 31.4 Å². The summed E-state index contributed by atoms with van der Waals surface area (Å²) in [6.45, 7) is 8.40. The number of nitrogens with one attached hydrogen (secondary N) is 1. The highest BCUT2D eigenvalue weighted by atomic mass is 32.2. The number of benzene rings is 2. The van der Waals surface area contributed by atoms with Crippen molar-refractivity contribution in [1.29, 1.82) is 0 Å². The lowest BCUT2D eigenvalue weighted by atomic mass is 10.1. The molecule has 34 heavy (non-hydrogen) atoms. The zero-order valence-electron chi connectivity index (χ0n) is 19.6. The maximum atomic E-state index is 13.1. The average molecular weight is 478 g/mol. The number of carbonyl (C=O) groups excluding carboxylic acids is 1. The van der Waals surface area contributed by atoms with Crippen molar-refractivity contribution >= 4 is 29.0 Å². The van der Waals surface area contributed by atoms with Crippen molar-refractivity contribution in [3.63, 3.8) is 0 Å². The minimum atomic E-state index is -0.388. The summed E-state index contributed by atoms with van der Waals surface area (Å²) in [5.41, 5.74) is 3.49. The van der Waals surface area contributed by atoms with E-state index in [0.29, 0.717) is 23.9 Å². The third-order valence-corrected chi connectivity index (χ3v) is 6.75. The molecule has 0 spiro atoms. The number of amides is 1. The summed E-state index contributed by atoms with van der Waals surface area (Å²) in [6, 6.07) is 13.2. The van der Waals surface area contributed by atoms with Gasteiger partial charge in [-0.25, -0.2) is 0 Å². The zero-order chi connectivity index (χ0) is 24.2. The van der Waals surface area contributed by atoms with Crippen molar-refractivity contribution in [3.05, 3.63) is 76.3 Å². The number of nitrogens with zero attached hydrogens (tertiary/aromatic N) is 4. The fraction of sp³-hybridized carbons (Fsp3) is 0.280. The van der Waals surface area contributed by atoms with Gasteiger partial charge < -0.3 is 10.1 Å². The minimum Gasteiger partial charge on any atom is -0.494 e. The Labute approximate surface area is 202 Å². The molecular weight excluding hydrogens is 450 g/mol. The van der Waals surface area contributed by atoms with Crippen molar-refractivity contribution in [1.82, 2.24) is 19.2 Å². The van der Waals surface area contributed by atoms with Gasteiger partial charge in [0, 0.05) is 23.8 Å². The predicted molar refractivity (Wildman–Crippen MR) is 134 cm³/mol. The van der Waals surface area contributed by atoms with E-state index in [-0.39, 0.29) is 22.4 Å². The van der Waals surface area contributed by atoms with Crippen LogP contribution in [0.5, 0.6) is 5.75 Å². The monoisotopic (exact) mass is 477 g/mol. The zero-order valence-corrected chi connectivity index (χ0v) is 20.4. The second-order valence-electron chi connectivity index (χ2n) is 7.90. The van der Waals surface area contributed by atoms with E-state index in [1.165, 1.54) is 16.3 Å². The summed E-state index contributed by atoms with van der Waals surface area (Å²) in [4.78, 5) is 26.1. The number of aromatic nitrogens is 4. The van der Waals surface area contributed by atoms with Gasteiger partial charge >= 0.3 is 5.56 Å². The molecule has 176 valence electrons. The lowest BCUT2D eigenvalue weighted by Crippen LogP contribution is -2.25. The second kappa shape index (κ2) is 10.1. The number of ether oxygens (including phenoxy) is 1. The highest BCUT2D eigenvalue weighted by Gasteiger charge is 2.22. The molecule has 2 aromatic heterocycles. The maximum absolute atomic E-state index is 13.1. The summed E-state index contributed by atoms with van der Waals surface area (Å²) in [5, 5.41) is 11.4. The number of carbonyl (C=O) groups is 1. The maximum Gasteiger partial charge on any atom is 0.300 e. The summed E-state index contributed by atoms with van der Waals surface area (Å²) in [6.07, 6.45) is 4.01. The molecule has 0 saturated carbocycles. The van der Waals surface area contributed by atoms with Gasteiger partial charge in [-0.05, 0) is 68.7 Å². The fourth-order valence-corrected chi connectivity index (χ4v) is 4.49. The van der Waals surface area contributed by atoms with Crippen LogP contribution < -0.4 is 15.6 Å². The number of anilines is 1. The quantitative estimate of drug-likeness (QED) is 0.378. The van der Waals surface area contributed by atoms with Gasteiger partial charge in [0.2, 0.25) is 11.6 Å². The van der Waals surface area contributed by atoms with Crippen LogP contribution in [0.2, 0.25) is 0 Å². The number of hydrogen-bond acceptors (Lipinski definition) is 6. The molecule has 2 heterocycles. The standard InChI is InChI=1S/C25H27N5O3S/c1-5-21(23(31)26-20-15-16(3)7-8-17(20)4)34-25-28-27-22-24(32)29(13-14-30(22)25)18-9-11-19(12-10-18)33-6-2/h7-15,21H,5-6H2,1-4H3,(H,26,31)/t21-/m1/s1. The van der Waals surface area contributed by atoms with Crippen LogP contribution in [0, 0.1) is 13.8 Å². The topological polar surface area (TPSA) is 90.5 Å². The summed E-state index contributed by atoms with van der Waals surface area (Å²) < 4.78 is 8.61. The Morgan fingerprint density at radius 3 is 2.56 bits per heavy atom. The molecule has 2 aromatic carbocycles. The molecule has 0 bridgehead atoms. The highest BCUT2D eigenvalue weighted by molar-refractivity contribution is 8.00. The Kier molecular flexibility index (Phi) is 7.02. The number of fused-ring (bicyclic) bond motifs is 1. The van der Waals surface area contributed by atoms with Crippen molar-refractivity contribution in [2.24, 2.45) is 0 Å². The van der Waals surface area contributed by atoms with Gasteiger partial charge in [0.05, 0.1) is 11.9 Å². The van der Waals surface area contributed by atoms with Gasteiger partial charge in [0.1, 0.15) is 5.75 Å². The molecule has 0 aliphatic carbocycles. The molecule has 0 fully saturated rings. The first-order chi connectivity index (χ1) is 16.4. The molecule has 1 atom stereocenters. The van der Waals surface area contributed by atoms with Crippen molar-refractivity contribution in [3.8, 4) is 11.4 Å². The molecule has 8 nitrogen and oxygen atoms in total. The van der Waals surface area contributed by atoms with E-state index in [9.17, 15) is 9.59 Å². The molecule has 0 radical (unpaired) electrons. The first kappa shape index (κ1) is 23.6. The van der Waals surface area contributed by atoms with Crippen molar-refractivity contribution in [2.45, 2.75) is 44.5 Å². The van der Waals surface area contributed by atoms with Crippen LogP contribution >= 0.6 is 11.8 Å². The Hall–Kier alpha value is -3.59. The predicted octanol–water partition coefficient (Wildman–Crippen LogP) is 4.41. The van der Waals surface area contributed by atoms with Crippen LogP contribution in [-0.4, -0.2) is 36.9 Å². The van der Waals surface area contributed by atoms with Crippen molar-refractivity contribution < 1.29 is 9.53 Å². The molecule has 4 rings (SSSR count). The van der Waals surface area contributed by atoms with Gasteiger partial charge in [-0.15, -0.1) is 10.2 Å². The largest absolute Gasteiger partial charge is 0.494 e. The van der Waals surface area contributed by atoms with Crippen LogP contribution in [0.25, 0.3) is 11.3 Å². The Balaban J connectivity index is 1.57. The number of rotatable bonds is 8. The second-order valence-corrected chi connectivity index (χ2v) is 9.07. The Morgan fingerprint density at radius 2 is 1.85 bits per heavy atom. The average Bonchev–Trinajstić information content (AvgIpc) is 3.24. The number of thioether (sulfide) groups is 1. The molecular formula is C25H27N5O3S. The number of aryl methyl sites for hydroxylation is 2. The minimum absolute atomic E-state index is 0.110. The molecule has 0 saturated heterocycles. The molecule has 1 N–H and O–H groups in total. The van der Waals surface area contributed by atoms with Gasteiger partial charge in [-0.2, -0.15) is 0 Å². The van der Waals surface area contributed by atoms with E-state index in [0.717, 1.165) is 22.6 Å². The third-order valence-electron chi connectivity index (χ3n) is 5.43. The molecule has 9 heteroatoms. The summed E-state index contributed by atoms with van der Waals surface area (Å²) in [5.74, 6) is 0.631. The Bertz CT molecular complexity index is 1380.